The average Bonchev–Trinajstić information content (AvgIpc) is 2.85. The zero-order chi connectivity index (χ0) is 24.1. The Morgan fingerprint density at radius 2 is 1.76 bits per heavy atom. The highest BCUT2D eigenvalue weighted by Gasteiger charge is 2.28. The molecule has 1 aromatic heterocycles. The van der Waals surface area contributed by atoms with E-state index in [9.17, 15) is 9.59 Å². The molecule has 2 aromatic carbocycles. The number of likely N-dealkylation sites (tertiary alicyclic amines) is 1. The number of nitrogens with zero attached hydrogens (tertiary/aromatic N) is 3. The second-order valence-corrected chi connectivity index (χ2v) is 10.4. The van der Waals surface area contributed by atoms with Crippen LogP contribution in [0.4, 0.5) is 0 Å². The smallest absolute Gasteiger partial charge is 0.262 e. The van der Waals surface area contributed by atoms with E-state index in [1.165, 1.54) is 17.3 Å². The van der Waals surface area contributed by atoms with Crippen LogP contribution in [0, 0.1) is 5.92 Å². The maximum Gasteiger partial charge on any atom is 0.262 e. The molecular formula is C27H33N3O3S. The van der Waals surface area contributed by atoms with Gasteiger partial charge >= 0.3 is 0 Å². The number of aromatic nitrogens is 2. The molecule has 7 heteroatoms. The van der Waals surface area contributed by atoms with Crippen molar-refractivity contribution >= 4 is 28.6 Å². The van der Waals surface area contributed by atoms with Gasteiger partial charge in [-0.1, -0.05) is 54.2 Å². The first kappa shape index (κ1) is 24.5. The summed E-state index contributed by atoms with van der Waals surface area (Å²) in [4.78, 5) is 33.3. The molecule has 0 aliphatic carbocycles. The van der Waals surface area contributed by atoms with E-state index in [2.05, 4.69) is 24.3 Å². The van der Waals surface area contributed by atoms with Gasteiger partial charge in [-0.05, 0) is 56.7 Å². The van der Waals surface area contributed by atoms with E-state index in [0.717, 1.165) is 32.4 Å². The molecule has 1 saturated heterocycles. The number of benzene rings is 2. The largest absolute Gasteiger partial charge is 0.383 e. The molecule has 1 aliphatic heterocycles. The summed E-state index contributed by atoms with van der Waals surface area (Å²) < 4.78 is 6.98. The molecule has 1 amide bonds. The molecule has 2 heterocycles. The van der Waals surface area contributed by atoms with Gasteiger partial charge in [-0.15, -0.1) is 0 Å². The van der Waals surface area contributed by atoms with E-state index in [1.54, 1.807) is 17.7 Å². The summed E-state index contributed by atoms with van der Waals surface area (Å²) in [6.45, 7) is 5.80. The van der Waals surface area contributed by atoms with E-state index in [1.807, 2.05) is 43.0 Å². The SMILES string of the molecule is COC[C@H](C)n1c(S[C@@H](C)C(=O)N2CCC(Cc3ccccc3)CC2)nc2ccccc2c1=O. The zero-order valence-corrected chi connectivity index (χ0v) is 21.0. The molecule has 3 aromatic rings. The van der Waals surface area contributed by atoms with Crippen LogP contribution in [0.1, 0.15) is 38.3 Å². The van der Waals surface area contributed by atoms with Gasteiger partial charge in [-0.2, -0.15) is 0 Å². The van der Waals surface area contributed by atoms with Crippen LogP contribution in [0.3, 0.4) is 0 Å². The molecule has 0 spiro atoms. The lowest BCUT2D eigenvalue weighted by Crippen LogP contribution is -2.42. The number of fused-ring (bicyclic) bond motifs is 1. The van der Waals surface area contributed by atoms with E-state index >= 15 is 0 Å². The highest BCUT2D eigenvalue weighted by molar-refractivity contribution is 8.00. The van der Waals surface area contributed by atoms with E-state index < -0.39 is 0 Å². The van der Waals surface area contributed by atoms with Crippen molar-refractivity contribution in [2.75, 3.05) is 26.8 Å². The van der Waals surface area contributed by atoms with Gasteiger partial charge in [-0.25, -0.2) is 4.98 Å². The van der Waals surface area contributed by atoms with Gasteiger partial charge in [-0.3, -0.25) is 14.2 Å². The van der Waals surface area contributed by atoms with Gasteiger partial charge < -0.3 is 9.64 Å². The second-order valence-electron chi connectivity index (χ2n) is 9.11. The van der Waals surface area contributed by atoms with Gasteiger partial charge in [0.2, 0.25) is 5.91 Å². The number of ether oxygens (including phenoxy) is 1. The minimum absolute atomic E-state index is 0.0981. The summed E-state index contributed by atoms with van der Waals surface area (Å²) in [6.07, 6.45) is 3.10. The van der Waals surface area contributed by atoms with Crippen molar-refractivity contribution in [2.45, 2.75) is 49.6 Å². The molecular weight excluding hydrogens is 446 g/mol. The van der Waals surface area contributed by atoms with Crippen LogP contribution in [0.15, 0.2) is 64.5 Å². The zero-order valence-electron chi connectivity index (χ0n) is 20.1. The highest BCUT2D eigenvalue weighted by Crippen LogP contribution is 2.28. The minimum Gasteiger partial charge on any atom is -0.383 e. The molecule has 2 atom stereocenters. The van der Waals surface area contributed by atoms with Gasteiger partial charge in [0.15, 0.2) is 5.16 Å². The molecule has 0 unspecified atom stereocenters. The molecule has 0 N–H and O–H groups in total. The second kappa shape index (κ2) is 11.2. The minimum atomic E-state index is -0.334. The molecule has 4 rings (SSSR count). The van der Waals surface area contributed by atoms with Crippen LogP contribution in [-0.4, -0.2) is 52.4 Å². The third-order valence-electron chi connectivity index (χ3n) is 6.55. The van der Waals surface area contributed by atoms with E-state index in [4.69, 9.17) is 9.72 Å². The summed E-state index contributed by atoms with van der Waals surface area (Å²) in [5.41, 5.74) is 1.91. The lowest BCUT2D eigenvalue weighted by atomic mass is 9.90. The first-order valence-corrected chi connectivity index (χ1v) is 12.9. The van der Waals surface area contributed by atoms with Crippen LogP contribution in [0.2, 0.25) is 0 Å². The molecule has 34 heavy (non-hydrogen) atoms. The highest BCUT2D eigenvalue weighted by atomic mass is 32.2. The lowest BCUT2D eigenvalue weighted by molar-refractivity contribution is -0.131. The maximum atomic E-state index is 13.3. The predicted molar refractivity (Wildman–Crippen MR) is 137 cm³/mol. The third-order valence-corrected chi connectivity index (χ3v) is 7.60. The van der Waals surface area contributed by atoms with Crippen molar-refractivity contribution in [2.24, 2.45) is 5.92 Å². The molecule has 0 bridgehead atoms. The Labute approximate surface area is 205 Å². The number of carbonyl (C=O) groups excluding carboxylic acids is 1. The summed E-state index contributed by atoms with van der Waals surface area (Å²) in [6, 6.07) is 17.7. The topological polar surface area (TPSA) is 64.4 Å². The number of carbonyl (C=O) groups is 1. The normalized spacial score (nSPS) is 16.5. The number of hydrogen-bond acceptors (Lipinski definition) is 5. The number of hydrogen-bond donors (Lipinski definition) is 0. The lowest BCUT2D eigenvalue weighted by Gasteiger charge is -2.33. The van der Waals surface area contributed by atoms with Crippen LogP contribution >= 0.6 is 11.8 Å². The molecule has 180 valence electrons. The number of para-hydroxylation sites is 1. The Bertz CT molecular complexity index is 1170. The van der Waals surface area contributed by atoms with E-state index in [-0.39, 0.29) is 22.8 Å². The van der Waals surface area contributed by atoms with Crippen molar-refractivity contribution in [3.63, 3.8) is 0 Å². The maximum absolute atomic E-state index is 13.3. The molecule has 1 aliphatic rings. The average molecular weight is 480 g/mol. The van der Waals surface area contributed by atoms with Crippen molar-refractivity contribution < 1.29 is 9.53 Å². The fraction of sp³-hybridized carbons (Fsp3) is 0.444. The fourth-order valence-electron chi connectivity index (χ4n) is 4.68. The van der Waals surface area contributed by atoms with Crippen LogP contribution < -0.4 is 5.56 Å². The number of rotatable bonds is 8. The quantitative estimate of drug-likeness (QED) is 0.350. The number of thioether (sulfide) groups is 1. The van der Waals surface area contributed by atoms with Crippen molar-refractivity contribution in [1.29, 1.82) is 0 Å². The first-order valence-electron chi connectivity index (χ1n) is 12.0. The van der Waals surface area contributed by atoms with E-state index in [0.29, 0.717) is 28.6 Å². The summed E-state index contributed by atoms with van der Waals surface area (Å²) in [5, 5.41) is 0.807. The van der Waals surface area contributed by atoms with Gasteiger partial charge in [0.1, 0.15) is 0 Å². The van der Waals surface area contributed by atoms with Crippen LogP contribution in [0.25, 0.3) is 10.9 Å². The molecule has 6 nitrogen and oxygen atoms in total. The number of methoxy groups -OCH3 is 1. The van der Waals surface area contributed by atoms with Crippen molar-refractivity contribution in [1.82, 2.24) is 14.5 Å². The van der Waals surface area contributed by atoms with Crippen LogP contribution in [-0.2, 0) is 16.0 Å². The Morgan fingerprint density at radius 1 is 1.09 bits per heavy atom. The first-order chi connectivity index (χ1) is 16.5. The Kier molecular flexibility index (Phi) is 8.06. The Balaban J connectivity index is 1.46. The van der Waals surface area contributed by atoms with Gasteiger partial charge in [0, 0.05) is 20.2 Å². The monoisotopic (exact) mass is 479 g/mol. The Morgan fingerprint density at radius 3 is 2.47 bits per heavy atom. The number of amides is 1. The van der Waals surface area contributed by atoms with Crippen LogP contribution in [0.5, 0.6) is 0 Å². The van der Waals surface area contributed by atoms with Crippen molar-refractivity contribution in [3.8, 4) is 0 Å². The Hall–Kier alpha value is -2.64. The standard InChI is InChI=1S/C27H33N3O3S/c1-19(18-33-3)30-26(32)23-11-7-8-12-24(23)28-27(30)34-20(2)25(31)29-15-13-22(14-16-29)17-21-9-5-4-6-10-21/h4-12,19-20,22H,13-18H2,1-3H3/t19-,20-/m0/s1. The fourth-order valence-corrected chi connectivity index (χ4v) is 5.78. The van der Waals surface area contributed by atoms with Gasteiger partial charge in [0.05, 0.1) is 28.8 Å². The molecule has 1 fully saturated rings. The summed E-state index contributed by atoms with van der Waals surface area (Å²) in [5.74, 6) is 0.716. The van der Waals surface area contributed by atoms with Crippen molar-refractivity contribution in [3.05, 3.63) is 70.5 Å². The molecule has 0 radical (unpaired) electrons. The van der Waals surface area contributed by atoms with Gasteiger partial charge in [0.25, 0.3) is 5.56 Å². The molecule has 0 saturated carbocycles. The summed E-state index contributed by atoms with van der Waals surface area (Å²) in [7, 11) is 1.62. The third kappa shape index (κ3) is 5.53. The predicted octanol–water partition coefficient (Wildman–Crippen LogP) is 4.57. The summed E-state index contributed by atoms with van der Waals surface area (Å²) >= 11 is 1.36. The number of piperidine rings is 1.